The summed E-state index contributed by atoms with van der Waals surface area (Å²) in [5.41, 5.74) is 6.24. The maximum Gasteiger partial charge on any atom is 0.179 e. The van der Waals surface area contributed by atoms with Crippen molar-refractivity contribution >= 4 is 34.7 Å². The molecule has 0 saturated carbocycles. The minimum absolute atomic E-state index is 0.116. The zero-order chi connectivity index (χ0) is 10.7. The summed E-state index contributed by atoms with van der Waals surface area (Å²) in [5.74, 6) is 0.0445. The molecule has 0 bridgehead atoms. The van der Waals surface area contributed by atoms with Gasteiger partial charge in [-0.1, -0.05) is 11.6 Å². The Balaban J connectivity index is 3.24. The minimum atomic E-state index is -0.251. The molecule has 0 unspecified atom stereocenters. The SMILES string of the molecule is COc1cc(C(=O)CCl)c(N)cc1Cl. The number of Topliss-reactive ketones (excluding diaryl/α,β-unsaturated/α-hetero) is 1. The summed E-state index contributed by atoms with van der Waals surface area (Å²) in [7, 11) is 1.46. The quantitative estimate of drug-likeness (QED) is 0.496. The third-order valence-corrected chi connectivity index (χ3v) is 2.28. The first kappa shape index (κ1) is 11.1. The number of hydrogen-bond donors (Lipinski definition) is 1. The molecule has 3 nitrogen and oxygen atoms in total. The molecule has 0 aliphatic heterocycles. The van der Waals surface area contributed by atoms with E-state index in [4.69, 9.17) is 33.7 Å². The van der Waals surface area contributed by atoms with Gasteiger partial charge in [0.25, 0.3) is 0 Å². The summed E-state index contributed by atoms with van der Waals surface area (Å²) < 4.78 is 4.95. The van der Waals surface area contributed by atoms with E-state index in [-0.39, 0.29) is 11.7 Å². The van der Waals surface area contributed by atoms with Gasteiger partial charge in [0, 0.05) is 11.3 Å². The molecule has 2 N–H and O–H groups in total. The van der Waals surface area contributed by atoms with Gasteiger partial charge in [-0.15, -0.1) is 11.6 Å². The number of halogens is 2. The Labute approximate surface area is 91.7 Å². The molecular formula is C9H9Cl2NO2. The van der Waals surface area contributed by atoms with Crippen LogP contribution >= 0.6 is 23.2 Å². The molecule has 0 saturated heterocycles. The molecule has 0 aliphatic carbocycles. The number of anilines is 1. The van der Waals surface area contributed by atoms with Crippen molar-refractivity contribution in [1.29, 1.82) is 0 Å². The number of benzene rings is 1. The molecule has 1 rings (SSSR count). The molecule has 0 aromatic heterocycles. The van der Waals surface area contributed by atoms with E-state index in [1.54, 1.807) is 0 Å². The van der Waals surface area contributed by atoms with E-state index in [9.17, 15) is 4.79 Å². The van der Waals surface area contributed by atoms with Crippen molar-refractivity contribution in [3.8, 4) is 5.75 Å². The fraction of sp³-hybridized carbons (Fsp3) is 0.222. The maximum atomic E-state index is 11.3. The van der Waals surface area contributed by atoms with Gasteiger partial charge in [0.15, 0.2) is 5.78 Å². The van der Waals surface area contributed by atoms with E-state index in [0.29, 0.717) is 22.0 Å². The molecule has 14 heavy (non-hydrogen) atoms. The number of ether oxygens (including phenoxy) is 1. The van der Waals surface area contributed by atoms with Crippen LogP contribution in [0.25, 0.3) is 0 Å². The topological polar surface area (TPSA) is 52.3 Å². The first-order chi connectivity index (χ1) is 6.60. The standard InChI is InChI=1S/C9H9Cl2NO2/c1-14-9-2-5(8(13)4-10)7(12)3-6(9)11/h2-3H,4,12H2,1H3. The number of carbonyl (C=O) groups is 1. The lowest BCUT2D eigenvalue weighted by Gasteiger charge is -2.07. The van der Waals surface area contributed by atoms with E-state index < -0.39 is 0 Å². The van der Waals surface area contributed by atoms with Crippen molar-refractivity contribution in [2.75, 3.05) is 18.7 Å². The van der Waals surface area contributed by atoms with Gasteiger partial charge in [-0.2, -0.15) is 0 Å². The van der Waals surface area contributed by atoms with Crippen molar-refractivity contribution in [2.24, 2.45) is 0 Å². The van der Waals surface area contributed by atoms with Crippen LogP contribution in [0.1, 0.15) is 10.4 Å². The molecule has 0 radical (unpaired) electrons. The maximum absolute atomic E-state index is 11.3. The summed E-state index contributed by atoms with van der Waals surface area (Å²) in [5, 5.41) is 0.371. The number of nitrogens with two attached hydrogens (primary N) is 1. The van der Waals surface area contributed by atoms with E-state index in [1.165, 1.54) is 19.2 Å². The number of nitrogen functional groups attached to an aromatic ring is 1. The molecule has 1 aromatic rings. The van der Waals surface area contributed by atoms with Gasteiger partial charge in [0.05, 0.1) is 18.0 Å². The van der Waals surface area contributed by atoms with Crippen molar-refractivity contribution in [3.05, 3.63) is 22.7 Å². The number of methoxy groups -OCH3 is 1. The van der Waals surface area contributed by atoms with Crippen LogP contribution in [0.3, 0.4) is 0 Å². The fourth-order valence-corrected chi connectivity index (χ4v) is 1.43. The van der Waals surface area contributed by atoms with Crippen LogP contribution in [0.2, 0.25) is 5.02 Å². The van der Waals surface area contributed by atoms with Crippen LogP contribution < -0.4 is 10.5 Å². The van der Waals surface area contributed by atoms with Gasteiger partial charge >= 0.3 is 0 Å². The summed E-state index contributed by atoms with van der Waals surface area (Å²) in [4.78, 5) is 11.3. The Morgan fingerprint density at radius 1 is 1.57 bits per heavy atom. The van der Waals surface area contributed by atoms with Crippen molar-refractivity contribution in [2.45, 2.75) is 0 Å². The van der Waals surface area contributed by atoms with Gasteiger partial charge in [-0.3, -0.25) is 4.79 Å². The molecule has 76 valence electrons. The Kier molecular flexibility index (Phi) is 3.61. The second kappa shape index (κ2) is 4.53. The molecule has 0 spiro atoms. The van der Waals surface area contributed by atoms with Gasteiger partial charge in [0.1, 0.15) is 5.75 Å². The zero-order valence-corrected chi connectivity index (χ0v) is 9.02. The average molecular weight is 234 g/mol. The predicted octanol–water partition coefficient (Wildman–Crippen LogP) is 2.35. The lowest BCUT2D eigenvalue weighted by atomic mass is 10.1. The molecule has 1 aromatic carbocycles. The highest BCUT2D eigenvalue weighted by atomic mass is 35.5. The van der Waals surface area contributed by atoms with Crippen LogP contribution in [-0.4, -0.2) is 18.8 Å². The third-order valence-electron chi connectivity index (χ3n) is 1.75. The number of ketones is 1. The van der Waals surface area contributed by atoms with Gasteiger partial charge in [-0.05, 0) is 12.1 Å². The Hall–Kier alpha value is -0.930. The molecule has 5 heteroatoms. The van der Waals surface area contributed by atoms with E-state index in [0.717, 1.165) is 0 Å². The van der Waals surface area contributed by atoms with Crippen molar-refractivity contribution in [1.82, 2.24) is 0 Å². The van der Waals surface area contributed by atoms with Crippen LogP contribution in [0, 0.1) is 0 Å². The second-order valence-corrected chi connectivity index (χ2v) is 3.31. The predicted molar refractivity (Wildman–Crippen MR) is 57.5 cm³/mol. The molecule has 0 heterocycles. The van der Waals surface area contributed by atoms with Crippen molar-refractivity contribution in [3.63, 3.8) is 0 Å². The molecule has 0 atom stereocenters. The number of alkyl halides is 1. The Bertz CT molecular complexity index is 366. The van der Waals surface area contributed by atoms with Crippen LogP contribution in [0.15, 0.2) is 12.1 Å². The van der Waals surface area contributed by atoms with E-state index in [2.05, 4.69) is 0 Å². The Morgan fingerprint density at radius 3 is 2.71 bits per heavy atom. The minimum Gasteiger partial charge on any atom is -0.495 e. The summed E-state index contributed by atoms with van der Waals surface area (Å²) in [6, 6.07) is 2.96. The summed E-state index contributed by atoms with van der Waals surface area (Å²) >= 11 is 11.2. The second-order valence-electron chi connectivity index (χ2n) is 2.63. The normalized spacial score (nSPS) is 9.93. The van der Waals surface area contributed by atoms with Gasteiger partial charge in [0.2, 0.25) is 0 Å². The smallest absolute Gasteiger partial charge is 0.179 e. The first-order valence-electron chi connectivity index (χ1n) is 3.82. The molecule has 0 aliphatic rings. The highest BCUT2D eigenvalue weighted by Crippen LogP contribution is 2.29. The number of rotatable bonds is 3. The van der Waals surface area contributed by atoms with Crippen molar-refractivity contribution < 1.29 is 9.53 Å². The zero-order valence-electron chi connectivity index (χ0n) is 7.51. The van der Waals surface area contributed by atoms with Gasteiger partial charge in [-0.25, -0.2) is 0 Å². The summed E-state index contributed by atoms with van der Waals surface area (Å²) in [6.07, 6.45) is 0. The highest BCUT2D eigenvalue weighted by molar-refractivity contribution is 6.33. The number of carbonyl (C=O) groups excluding carboxylic acids is 1. The summed E-state index contributed by atoms with van der Waals surface area (Å²) in [6.45, 7) is 0. The average Bonchev–Trinajstić information content (AvgIpc) is 2.17. The third kappa shape index (κ3) is 2.11. The first-order valence-corrected chi connectivity index (χ1v) is 4.73. The largest absolute Gasteiger partial charge is 0.495 e. The van der Waals surface area contributed by atoms with E-state index in [1.807, 2.05) is 0 Å². The van der Waals surface area contributed by atoms with Crippen LogP contribution in [-0.2, 0) is 0 Å². The molecule has 0 amide bonds. The lowest BCUT2D eigenvalue weighted by Crippen LogP contribution is -2.05. The highest BCUT2D eigenvalue weighted by Gasteiger charge is 2.12. The monoisotopic (exact) mass is 233 g/mol. The van der Waals surface area contributed by atoms with E-state index >= 15 is 0 Å². The van der Waals surface area contributed by atoms with Crippen LogP contribution in [0.5, 0.6) is 5.75 Å². The lowest BCUT2D eigenvalue weighted by molar-refractivity contribution is 0.102. The van der Waals surface area contributed by atoms with Crippen LogP contribution in [0.4, 0.5) is 5.69 Å². The van der Waals surface area contributed by atoms with Gasteiger partial charge < -0.3 is 10.5 Å². The molecular weight excluding hydrogens is 225 g/mol. The molecule has 0 fully saturated rings. The fourth-order valence-electron chi connectivity index (χ4n) is 1.04. The Morgan fingerprint density at radius 2 is 2.21 bits per heavy atom. The number of hydrogen-bond acceptors (Lipinski definition) is 3.